The molecule has 4 heteroatoms. The lowest BCUT2D eigenvalue weighted by molar-refractivity contribution is -0.119. The van der Waals surface area contributed by atoms with Crippen molar-refractivity contribution >= 4 is 22.4 Å². The zero-order valence-electron chi connectivity index (χ0n) is 13.8. The smallest absolute Gasteiger partial charge is 0.241 e. The quantitative estimate of drug-likeness (QED) is 0.942. The van der Waals surface area contributed by atoms with E-state index in [4.69, 9.17) is 0 Å². The number of carbonyl (C=O) groups is 1. The minimum Gasteiger partial charge on any atom is -0.315 e. The highest BCUT2D eigenvalue weighted by atomic mass is 16.2. The van der Waals surface area contributed by atoms with Gasteiger partial charge in [0.25, 0.3) is 0 Å². The molecule has 23 heavy (non-hydrogen) atoms. The van der Waals surface area contributed by atoms with Crippen molar-refractivity contribution in [2.24, 2.45) is 0 Å². The molecule has 0 aliphatic carbocycles. The van der Waals surface area contributed by atoms with Crippen LogP contribution in [0.2, 0.25) is 0 Å². The molecule has 1 aliphatic rings. The van der Waals surface area contributed by atoms with Gasteiger partial charge in [-0.2, -0.15) is 0 Å². The zero-order valence-corrected chi connectivity index (χ0v) is 13.8. The highest BCUT2D eigenvalue weighted by Gasteiger charge is 2.19. The summed E-state index contributed by atoms with van der Waals surface area (Å²) in [5.74, 6) is 0.186. The normalized spacial score (nSPS) is 16.2. The highest BCUT2D eigenvalue weighted by molar-refractivity contribution is 6.04. The summed E-state index contributed by atoms with van der Waals surface area (Å²) < 4.78 is 0. The third-order valence-corrected chi connectivity index (χ3v) is 4.47. The lowest BCUT2D eigenvalue weighted by Crippen LogP contribution is -2.41. The van der Waals surface area contributed by atoms with Crippen LogP contribution in [0, 0.1) is 0 Å². The van der Waals surface area contributed by atoms with E-state index in [9.17, 15) is 4.79 Å². The summed E-state index contributed by atoms with van der Waals surface area (Å²) in [6, 6.07) is 14.4. The highest BCUT2D eigenvalue weighted by Crippen LogP contribution is 2.26. The standard InChI is InChI=1S/C19H25N3O/c1-2-22(19(23)15-21-13-6-11-20-12-14-21)18-10-5-8-16-7-3-4-9-17(16)18/h3-5,7-10,20H,2,6,11-15H2,1H3. The van der Waals surface area contributed by atoms with E-state index in [0.29, 0.717) is 13.1 Å². The maximum Gasteiger partial charge on any atom is 0.241 e. The Bertz CT molecular complexity index is 657. The van der Waals surface area contributed by atoms with Crippen molar-refractivity contribution in [3.8, 4) is 0 Å². The van der Waals surface area contributed by atoms with Crippen molar-refractivity contribution in [2.45, 2.75) is 13.3 Å². The number of anilines is 1. The van der Waals surface area contributed by atoms with Crippen molar-refractivity contribution in [3.05, 3.63) is 42.5 Å². The molecule has 0 saturated carbocycles. The lowest BCUT2D eigenvalue weighted by atomic mass is 10.1. The van der Waals surface area contributed by atoms with Crippen LogP contribution in [0.5, 0.6) is 0 Å². The van der Waals surface area contributed by atoms with Crippen molar-refractivity contribution in [1.82, 2.24) is 10.2 Å². The van der Waals surface area contributed by atoms with Gasteiger partial charge in [0, 0.05) is 25.0 Å². The molecular weight excluding hydrogens is 286 g/mol. The van der Waals surface area contributed by atoms with Crippen LogP contribution < -0.4 is 10.2 Å². The van der Waals surface area contributed by atoms with Crippen molar-refractivity contribution < 1.29 is 4.79 Å². The molecule has 0 atom stereocenters. The molecule has 2 aromatic rings. The molecule has 0 radical (unpaired) electrons. The average molecular weight is 311 g/mol. The first-order valence-corrected chi connectivity index (χ1v) is 8.51. The second-order valence-electron chi connectivity index (χ2n) is 6.02. The number of nitrogens with zero attached hydrogens (tertiary/aromatic N) is 2. The van der Waals surface area contributed by atoms with Gasteiger partial charge in [-0.05, 0) is 37.9 Å². The zero-order chi connectivity index (χ0) is 16.1. The molecule has 1 fully saturated rings. The molecule has 1 saturated heterocycles. The Morgan fingerprint density at radius 1 is 1.13 bits per heavy atom. The van der Waals surface area contributed by atoms with Crippen LogP contribution >= 0.6 is 0 Å². The van der Waals surface area contributed by atoms with Crippen molar-refractivity contribution in [1.29, 1.82) is 0 Å². The van der Waals surface area contributed by atoms with Crippen LogP contribution in [-0.4, -0.2) is 50.1 Å². The third kappa shape index (κ3) is 3.71. The minimum atomic E-state index is 0.186. The van der Waals surface area contributed by atoms with E-state index in [0.717, 1.165) is 43.7 Å². The summed E-state index contributed by atoms with van der Waals surface area (Å²) in [7, 11) is 0. The first-order valence-electron chi connectivity index (χ1n) is 8.51. The van der Waals surface area contributed by atoms with Crippen LogP contribution in [0.25, 0.3) is 10.8 Å². The van der Waals surface area contributed by atoms with Gasteiger partial charge in [-0.1, -0.05) is 36.4 Å². The van der Waals surface area contributed by atoms with Gasteiger partial charge >= 0.3 is 0 Å². The van der Waals surface area contributed by atoms with Gasteiger partial charge in [0.05, 0.1) is 12.2 Å². The van der Waals surface area contributed by atoms with Gasteiger partial charge in [0.2, 0.25) is 5.91 Å². The number of hydrogen-bond donors (Lipinski definition) is 1. The fourth-order valence-corrected chi connectivity index (χ4v) is 3.26. The molecule has 0 aromatic heterocycles. The Hall–Kier alpha value is -1.91. The molecule has 0 unspecified atom stereocenters. The number of amides is 1. The molecular formula is C19H25N3O. The van der Waals surface area contributed by atoms with Gasteiger partial charge in [-0.3, -0.25) is 9.69 Å². The lowest BCUT2D eigenvalue weighted by Gasteiger charge is -2.26. The van der Waals surface area contributed by atoms with Gasteiger partial charge in [-0.15, -0.1) is 0 Å². The first kappa shape index (κ1) is 16.0. The van der Waals surface area contributed by atoms with Crippen LogP contribution in [0.1, 0.15) is 13.3 Å². The Labute approximate surface area is 138 Å². The topological polar surface area (TPSA) is 35.6 Å². The van der Waals surface area contributed by atoms with E-state index in [1.54, 1.807) is 0 Å². The Morgan fingerprint density at radius 3 is 2.83 bits per heavy atom. The van der Waals surface area contributed by atoms with Crippen molar-refractivity contribution in [3.63, 3.8) is 0 Å². The van der Waals surface area contributed by atoms with Crippen molar-refractivity contribution in [2.75, 3.05) is 44.2 Å². The Morgan fingerprint density at radius 2 is 1.96 bits per heavy atom. The number of carbonyl (C=O) groups excluding carboxylic acids is 1. The minimum absolute atomic E-state index is 0.186. The molecule has 1 N–H and O–H groups in total. The van der Waals surface area contributed by atoms with Crippen LogP contribution in [0.3, 0.4) is 0 Å². The molecule has 1 amide bonds. The second-order valence-corrected chi connectivity index (χ2v) is 6.02. The van der Waals surface area contributed by atoms with Gasteiger partial charge < -0.3 is 10.2 Å². The monoisotopic (exact) mass is 311 g/mol. The predicted molar refractivity (Wildman–Crippen MR) is 95.9 cm³/mol. The van der Waals surface area contributed by atoms with Crippen LogP contribution in [-0.2, 0) is 4.79 Å². The summed E-state index contributed by atoms with van der Waals surface area (Å²) in [4.78, 5) is 17.0. The molecule has 122 valence electrons. The number of nitrogens with one attached hydrogen (secondary N) is 1. The SMILES string of the molecule is CCN(C(=O)CN1CCCNCC1)c1cccc2ccccc12. The van der Waals surface area contributed by atoms with E-state index in [1.807, 2.05) is 36.1 Å². The van der Waals surface area contributed by atoms with Gasteiger partial charge in [0.1, 0.15) is 0 Å². The number of likely N-dealkylation sites (N-methyl/N-ethyl adjacent to an activating group) is 1. The Balaban J connectivity index is 1.81. The summed E-state index contributed by atoms with van der Waals surface area (Å²) in [6.07, 6.45) is 1.10. The summed E-state index contributed by atoms with van der Waals surface area (Å²) in [5.41, 5.74) is 1.02. The number of hydrogen-bond acceptors (Lipinski definition) is 3. The predicted octanol–water partition coefficient (Wildman–Crippen LogP) is 2.49. The summed E-state index contributed by atoms with van der Waals surface area (Å²) >= 11 is 0. The molecule has 1 heterocycles. The van der Waals surface area contributed by atoms with E-state index in [-0.39, 0.29) is 5.91 Å². The molecule has 4 nitrogen and oxygen atoms in total. The fourth-order valence-electron chi connectivity index (χ4n) is 3.26. The first-order chi connectivity index (χ1) is 11.3. The molecule has 2 aromatic carbocycles. The van der Waals surface area contributed by atoms with E-state index >= 15 is 0 Å². The van der Waals surface area contributed by atoms with Gasteiger partial charge in [-0.25, -0.2) is 0 Å². The largest absolute Gasteiger partial charge is 0.315 e. The average Bonchev–Trinajstić information content (AvgIpc) is 2.84. The molecule has 0 bridgehead atoms. The number of rotatable bonds is 4. The second kappa shape index (κ2) is 7.57. The molecule has 3 rings (SSSR count). The summed E-state index contributed by atoms with van der Waals surface area (Å²) in [6.45, 7) is 7.19. The number of benzene rings is 2. The molecule has 1 aliphatic heterocycles. The van der Waals surface area contributed by atoms with Crippen LogP contribution in [0.15, 0.2) is 42.5 Å². The van der Waals surface area contributed by atoms with Gasteiger partial charge in [0.15, 0.2) is 0 Å². The van der Waals surface area contributed by atoms with E-state index in [1.165, 1.54) is 5.39 Å². The van der Waals surface area contributed by atoms with E-state index in [2.05, 4.69) is 28.4 Å². The molecule has 0 spiro atoms. The van der Waals surface area contributed by atoms with Crippen LogP contribution in [0.4, 0.5) is 5.69 Å². The summed E-state index contributed by atoms with van der Waals surface area (Å²) in [5, 5.41) is 5.70. The maximum absolute atomic E-state index is 12.9. The number of fused-ring (bicyclic) bond motifs is 1. The van der Waals surface area contributed by atoms with E-state index < -0.39 is 0 Å². The third-order valence-electron chi connectivity index (χ3n) is 4.47. The fraction of sp³-hybridized carbons (Fsp3) is 0.421. The maximum atomic E-state index is 12.9. The Kier molecular flexibility index (Phi) is 5.26.